The fraction of sp³-hybridized carbons (Fsp3) is 0.833. The van der Waals surface area contributed by atoms with Gasteiger partial charge in [-0.1, -0.05) is 25.6 Å². The molecule has 1 aliphatic carbocycles. The van der Waals surface area contributed by atoms with Crippen molar-refractivity contribution < 1.29 is 18.0 Å². The summed E-state index contributed by atoms with van der Waals surface area (Å²) in [7, 11) is 0. The molecule has 0 aromatic rings. The average Bonchev–Trinajstić information content (AvgIpc) is 2.34. The molecule has 7 heteroatoms. The van der Waals surface area contributed by atoms with Gasteiger partial charge in [0.05, 0.1) is 16.9 Å². The van der Waals surface area contributed by atoms with Gasteiger partial charge in [-0.25, -0.2) is 0 Å². The van der Waals surface area contributed by atoms with Crippen LogP contribution < -0.4 is 11.1 Å². The van der Waals surface area contributed by atoms with Crippen LogP contribution in [0.1, 0.15) is 39.0 Å². The van der Waals surface area contributed by atoms with Gasteiger partial charge in [0.2, 0.25) is 5.91 Å². The van der Waals surface area contributed by atoms with Crippen LogP contribution in [0.25, 0.3) is 0 Å². The van der Waals surface area contributed by atoms with Crippen molar-refractivity contribution in [2.75, 3.05) is 0 Å². The largest absolute Gasteiger partial charge is 0.392 e. The van der Waals surface area contributed by atoms with Crippen molar-refractivity contribution in [2.24, 2.45) is 17.6 Å². The van der Waals surface area contributed by atoms with Crippen molar-refractivity contribution >= 4 is 23.1 Å². The summed E-state index contributed by atoms with van der Waals surface area (Å²) in [4.78, 5) is 12.1. The maximum Gasteiger partial charge on any atom is 0.391 e. The maximum atomic E-state index is 12.7. The monoisotopic (exact) mass is 296 g/mol. The van der Waals surface area contributed by atoms with Crippen LogP contribution in [-0.4, -0.2) is 23.1 Å². The first-order valence-electron chi connectivity index (χ1n) is 6.42. The van der Waals surface area contributed by atoms with E-state index in [0.717, 1.165) is 0 Å². The number of halogens is 3. The molecule has 1 saturated carbocycles. The van der Waals surface area contributed by atoms with Crippen LogP contribution in [-0.2, 0) is 4.79 Å². The Balaban J connectivity index is 2.60. The third-order valence-corrected chi connectivity index (χ3v) is 3.86. The van der Waals surface area contributed by atoms with Gasteiger partial charge in [0.15, 0.2) is 0 Å². The first-order valence-corrected chi connectivity index (χ1v) is 6.83. The molecule has 3 unspecified atom stereocenters. The van der Waals surface area contributed by atoms with Gasteiger partial charge in [-0.3, -0.25) is 4.79 Å². The summed E-state index contributed by atoms with van der Waals surface area (Å²) in [5.41, 5.74) is 5.46. The van der Waals surface area contributed by atoms with E-state index in [1.807, 2.05) is 6.92 Å². The summed E-state index contributed by atoms with van der Waals surface area (Å²) in [6.45, 7) is 1.81. The Kier molecular flexibility index (Phi) is 5.58. The van der Waals surface area contributed by atoms with Crippen molar-refractivity contribution in [1.82, 2.24) is 5.32 Å². The molecule has 3 nitrogen and oxygen atoms in total. The number of thiocarbonyl (C=S) groups is 1. The van der Waals surface area contributed by atoms with E-state index in [9.17, 15) is 18.0 Å². The number of nitrogens with one attached hydrogen (secondary N) is 1. The number of amides is 1. The zero-order chi connectivity index (χ0) is 14.6. The first kappa shape index (κ1) is 16.2. The lowest BCUT2D eigenvalue weighted by atomic mass is 9.80. The molecule has 110 valence electrons. The molecule has 0 heterocycles. The molecule has 1 fully saturated rings. The predicted molar refractivity (Wildman–Crippen MR) is 70.5 cm³/mol. The summed E-state index contributed by atoms with van der Waals surface area (Å²) >= 11 is 4.80. The fourth-order valence-electron chi connectivity index (χ4n) is 2.39. The second-order valence-corrected chi connectivity index (χ2v) is 5.45. The Labute approximate surface area is 116 Å². The molecule has 1 aliphatic rings. The van der Waals surface area contributed by atoms with Gasteiger partial charge < -0.3 is 11.1 Å². The van der Waals surface area contributed by atoms with Gasteiger partial charge >= 0.3 is 6.18 Å². The minimum Gasteiger partial charge on any atom is -0.392 e. The highest BCUT2D eigenvalue weighted by atomic mass is 32.1. The zero-order valence-corrected chi connectivity index (χ0v) is 11.6. The molecular weight excluding hydrogens is 277 g/mol. The van der Waals surface area contributed by atoms with E-state index in [-0.39, 0.29) is 23.7 Å². The Morgan fingerprint density at radius 3 is 2.58 bits per heavy atom. The summed E-state index contributed by atoms with van der Waals surface area (Å²) in [6.07, 6.45) is -2.79. The van der Waals surface area contributed by atoms with E-state index in [2.05, 4.69) is 5.32 Å². The zero-order valence-electron chi connectivity index (χ0n) is 10.8. The van der Waals surface area contributed by atoms with Crippen molar-refractivity contribution in [1.29, 1.82) is 0 Å². The minimum atomic E-state index is -4.22. The molecule has 1 rings (SSSR count). The second-order valence-electron chi connectivity index (χ2n) is 4.97. The fourth-order valence-corrected chi connectivity index (χ4v) is 2.61. The van der Waals surface area contributed by atoms with Crippen molar-refractivity contribution in [2.45, 2.75) is 51.2 Å². The van der Waals surface area contributed by atoms with Crippen LogP contribution in [0.4, 0.5) is 13.2 Å². The molecule has 1 amide bonds. The molecule has 0 aromatic carbocycles. The topological polar surface area (TPSA) is 55.1 Å². The summed E-state index contributed by atoms with van der Waals surface area (Å²) in [5, 5.41) is 2.64. The first-order chi connectivity index (χ1) is 8.75. The predicted octanol–water partition coefficient (Wildman–Crippen LogP) is 2.54. The second kappa shape index (κ2) is 6.54. The van der Waals surface area contributed by atoms with Gasteiger partial charge in [-0.15, -0.1) is 0 Å². The molecule has 19 heavy (non-hydrogen) atoms. The third-order valence-electron chi connectivity index (χ3n) is 3.58. The van der Waals surface area contributed by atoms with Crippen LogP contribution in [0, 0.1) is 11.8 Å². The molecule has 3 atom stereocenters. The van der Waals surface area contributed by atoms with E-state index >= 15 is 0 Å². The lowest BCUT2D eigenvalue weighted by molar-refractivity contribution is -0.186. The van der Waals surface area contributed by atoms with Crippen LogP contribution >= 0.6 is 12.2 Å². The van der Waals surface area contributed by atoms with E-state index in [0.29, 0.717) is 19.3 Å². The molecule has 0 spiro atoms. The van der Waals surface area contributed by atoms with E-state index in [4.69, 9.17) is 18.0 Å². The minimum absolute atomic E-state index is 0.111. The molecule has 0 radical (unpaired) electrons. The third kappa shape index (κ3) is 4.63. The Bertz CT molecular complexity index is 346. The lowest BCUT2D eigenvalue weighted by Crippen LogP contribution is -2.46. The normalized spacial score (nSPS) is 25.7. The van der Waals surface area contributed by atoms with Gasteiger partial charge in [-0.05, 0) is 25.7 Å². The Morgan fingerprint density at radius 2 is 2.11 bits per heavy atom. The van der Waals surface area contributed by atoms with Crippen LogP contribution in [0.5, 0.6) is 0 Å². The highest BCUT2D eigenvalue weighted by molar-refractivity contribution is 7.80. The quantitative estimate of drug-likeness (QED) is 0.784. The van der Waals surface area contributed by atoms with Crippen LogP contribution in [0.15, 0.2) is 0 Å². The van der Waals surface area contributed by atoms with E-state index < -0.39 is 24.1 Å². The molecular formula is C12H19F3N2OS. The molecule has 0 aliphatic heterocycles. The standard InChI is InChI=1S/C12H19F3N2OS/c1-2-9(10(16)19)17-11(18)7-4-3-5-8(6-7)12(13,14)15/h7-9H,2-6H2,1H3,(H2,16,19)(H,17,18). The van der Waals surface area contributed by atoms with Crippen molar-refractivity contribution in [3.05, 3.63) is 0 Å². The summed E-state index contributed by atoms with van der Waals surface area (Å²) in [5.74, 6) is -2.33. The number of hydrogen-bond donors (Lipinski definition) is 2. The number of hydrogen-bond acceptors (Lipinski definition) is 2. The molecule has 3 N–H and O–H groups in total. The van der Waals surface area contributed by atoms with Crippen LogP contribution in [0.2, 0.25) is 0 Å². The highest BCUT2D eigenvalue weighted by Crippen LogP contribution is 2.39. The summed E-state index contributed by atoms with van der Waals surface area (Å²) < 4.78 is 38.0. The highest BCUT2D eigenvalue weighted by Gasteiger charge is 2.43. The van der Waals surface area contributed by atoms with Crippen molar-refractivity contribution in [3.8, 4) is 0 Å². The van der Waals surface area contributed by atoms with Gasteiger partial charge in [0, 0.05) is 5.92 Å². The SMILES string of the molecule is CCC(NC(=O)C1CCCC(C(F)(F)F)C1)C(N)=S. The number of carbonyl (C=O) groups excluding carboxylic acids is 1. The van der Waals surface area contributed by atoms with Gasteiger partial charge in [0.25, 0.3) is 0 Å². The smallest absolute Gasteiger partial charge is 0.391 e. The van der Waals surface area contributed by atoms with Crippen molar-refractivity contribution in [3.63, 3.8) is 0 Å². The van der Waals surface area contributed by atoms with E-state index in [1.54, 1.807) is 0 Å². The molecule has 0 saturated heterocycles. The molecule has 0 bridgehead atoms. The average molecular weight is 296 g/mol. The Morgan fingerprint density at radius 1 is 1.47 bits per heavy atom. The van der Waals surface area contributed by atoms with Gasteiger partial charge in [-0.2, -0.15) is 13.2 Å². The van der Waals surface area contributed by atoms with Gasteiger partial charge in [0.1, 0.15) is 0 Å². The lowest BCUT2D eigenvalue weighted by Gasteiger charge is -2.30. The van der Waals surface area contributed by atoms with E-state index in [1.165, 1.54) is 0 Å². The number of alkyl halides is 3. The summed E-state index contributed by atoms with van der Waals surface area (Å²) in [6, 6.07) is -0.436. The van der Waals surface area contributed by atoms with Crippen LogP contribution in [0.3, 0.4) is 0 Å². The maximum absolute atomic E-state index is 12.7. The number of nitrogens with two attached hydrogens (primary N) is 1. The number of carbonyl (C=O) groups is 1. The Hall–Kier alpha value is -0.850. The molecule has 0 aromatic heterocycles. The number of rotatable bonds is 4.